The Morgan fingerprint density at radius 2 is 1.96 bits per heavy atom. The van der Waals surface area contributed by atoms with Crippen molar-refractivity contribution in [2.24, 2.45) is 0 Å². The number of rotatable bonds is 7. The van der Waals surface area contributed by atoms with E-state index in [-0.39, 0.29) is 5.91 Å². The molecule has 0 bridgehead atoms. The molecule has 2 aromatic rings. The fourth-order valence-electron chi connectivity index (χ4n) is 2.76. The maximum absolute atomic E-state index is 12.2. The van der Waals surface area contributed by atoms with E-state index in [0.29, 0.717) is 6.42 Å². The van der Waals surface area contributed by atoms with Crippen LogP contribution in [0.1, 0.15) is 6.42 Å². The summed E-state index contributed by atoms with van der Waals surface area (Å²) in [7, 11) is 1.65. The molecule has 138 valence electrons. The number of nitrogens with zero attached hydrogens (tertiary/aromatic N) is 1. The van der Waals surface area contributed by atoms with E-state index in [2.05, 4.69) is 16.3 Å². The summed E-state index contributed by atoms with van der Waals surface area (Å²) in [6.45, 7) is 3.27. The van der Waals surface area contributed by atoms with Gasteiger partial charge in [0.1, 0.15) is 5.75 Å². The zero-order valence-electron chi connectivity index (χ0n) is 14.9. The van der Waals surface area contributed by atoms with E-state index < -0.39 is 0 Å². The number of ether oxygens (including phenoxy) is 2. The summed E-state index contributed by atoms with van der Waals surface area (Å²) in [4.78, 5) is 15.6. The van der Waals surface area contributed by atoms with Crippen molar-refractivity contribution < 1.29 is 14.3 Å². The largest absolute Gasteiger partial charge is 0.497 e. The molecule has 1 amide bonds. The van der Waals surface area contributed by atoms with E-state index in [9.17, 15) is 4.79 Å². The molecule has 0 radical (unpaired) electrons. The lowest BCUT2D eigenvalue weighted by atomic mass is 10.2. The molecule has 2 aromatic carbocycles. The minimum absolute atomic E-state index is 0.0325. The van der Waals surface area contributed by atoms with Crippen LogP contribution in [0.2, 0.25) is 0 Å². The van der Waals surface area contributed by atoms with Crippen LogP contribution in [0.15, 0.2) is 53.4 Å². The van der Waals surface area contributed by atoms with E-state index in [4.69, 9.17) is 9.47 Å². The highest BCUT2D eigenvalue weighted by Gasteiger charge is 2.12. The van der Waals surface area contributed by atoms with Gasteiger partial charge in [-0.3, -0.25) is 4.79 Å². The Morgan fingerprint density at radius 1 is 1.19 bits per heavy atom. The lowest BCUT2D eigenvalue weighted by Crippen LogP contribution is -2.36. The highest BCUT2D eigenvalue weighted by molar-refractivity contribution is 7.99. The van der Waals surface area contributed by atoms with Crippen LogP contribution >= 0.6 is 11.8 Å². The molecule has 26 heavy (non-hydrogen) atoms. The normalized spacial score (nSPS) is 14.1. The van der Waals surface area contributed by atoms with Crippen molar-refractivity contribution in [1.82, 2.24) is 0 Å². The molecule has 3 rings (SSSR count). The average Bonchev–Trinajstić information content (AvgIpc) is 2.69. The van der Waals surface area contributed by atoms with Crippen molar-refractivity contribution in [3.8, 4) is 5.75 Å². The van der Waals surface area contributed by atoms with Gasteiger partial charge in [-0.1, -0.05) is 6.07 Å². The van der Waals surface area contributed by atoms with Gasteiger partial charge in [-0.05, 0) is 42.5 Å². The predicted octanol–water partition coefficient (Wildman–Crippen LogP) is 3.65. The van der Waals surface area contributed by atoms with Crippen molar-refractivity contribution in [3.63, 3.8) is 0 Å². The molecule has 0 unspecified atom stereocenters. The summed E-state index contributed by atoms with van der Waals surface area (Å²) >= 11 is 1.67. The van der Waals surface area contributed by atoms with E-state index >= 15 is 0 Å². The van der Waals surface area contributed by atoms with E-state index in [0.717, 1.165) is 54.1 Å². The molecule has 1 saturated heterocycles. The quantitative estimate of drug-likeness (QED) is 0.752. The van der Waals surface area contributed by atoms with Gasteiger partial charge in [0.2, 0.25) is 5.91 Å². The Labute approximate surface area is 158 Å². The Hall–Kier alpha value is -2.18. The highest BCUT2D eigenvalue weighted by atomic mass is 32.2. The molecule has 1 heterocycles. The Balaban J connectivity index is 1.46. The van der Waals surface area contributed by atoms with Crippen LogP contribution in [-0.4, -0.2) is 45.1 Å². The minimum Gasteiger partial charge on any atom is -0.497 e. The number of carbonyl (C=O) groups excluding carboxylic acids is 1. The minimum atomic E-state index is 0.0325. The van der Waals surface area contributed by atoms with E-state index in [1.165, 1.54) is 0 Å². The van der Waals surface area contributed by atoms with Gasteiger partial charge in [0.25, 0.3) is 0 Å². The van der Waals surface area contributed by atoms with Crippen LogP contribution in [0.25, 0.3) is 0 Å². The van der Waals surface area contributed by atoms with Gasteiger partial charge in [0, 0.05) is 41.5 Å². The van der Waals surface area contributed by atoms with Gasteiger partial charge in [0.15, 0.2) is 0 Å². The standard InChI is InChI=1S/C20H24N2O3S/c1-24-18-5-7-19(8-6-18)26-14-9-20(23)21-16-3-2-4-17(15-16)22-10-12-25-13-11-22/h2-8,15H,9-14H2,1H3,(H,21,23). The van der Waals surface area contributed by atoms with Crippen molar-refractivity contribution >= 4 is 29.0 Å². The van der Waals surface area contributed by atoms with Crippen LogP contribution in [0.4, 0.5) is 11.4 Å². The van der Waals surface area contributed by atoms with E-state index in [1.807, 2.05) is 42.5 Å². The summed E-state index contributed by atoms with van der Waals surface area (Å²) in [5, 5.41) is 3.00. The molecule has 1 N–H and O–H groups in total. The number of morpholine rings is 1. The molecule has 1 aliphatic heterocycles. The van der Waals surface area contributed by atoms with Crippen LogP contribution in [0.3, 0.4) is 0 Å². The molecule has 5 nitrogen and oxygen atoms in total. The molecule has 0 saturated carbocycles. The Bertz CT molecular complexity index is 715. The second kappa shape index (κ2) is 9.50. The zero-order valence-corrected chi connectivity index (χ0v) is 15.8. The fourth-order valence-corrected chi connectivity index (χ4v) is 3.61. The molecule has 0 atom stereocenters. The first kappa shape index (κ1) is 18.6. The SMILES string of the molecule is COc1ccc(SCCC(=O)Nc2cccc(N3CCOCC3)c2)cc1. The van der Waals surface area contributed by atoms with Crippen molar-refractivity contribution in [2.75, 3.05) is 49.4 Å². The van der Waals surface area contributed by atoms with Crippen LogP contribution in [0.5, 0.6) is 5.75 Å². The maximum atomic E-state index is 12.2. The molecule has 1 aliphatic rings. The van der Waals surface area contributed by atoms with Crippen molar-refractivity contribution in [3.05, 3.63) is 48.5 Å². The third-order valence-electron chi connectivity index (χ3n) is 4.16. The Kier molecular flexibility index (Phi) is 6.80. The number of methoxy groups -OCH3 is 1. The third-order valence-corrected chi connectivity index (χ3v) is 5.18. The zero-order chi connectivity index (χ0) is 18.2. The lowest BCUT2D eigenvalue weighted by Gasteiger charge is -2.29. The number of anilines is 2. The summed E-state index contributed by atoms with van der Waals surface area (Å²) in [5.74, 6) is 1.61. The van der Waals surface area contributed by atoms with Gasteiger partial charge in [0.05, 0.1) is 20.3 Å². The first-order valence-corrected chi connectivity index (χ1v) is 9.72. The first-order valence-electron chi connectivity index (χ1n) is 8.74. The van der Waals surface area contributed by atoms with Crippen LogP contribution in [-0.2, 0) is 9.53 Å². The number of amides is 1. The topological polar surface area (TPSA) is 50.8 Å². The number of hydrogen-bond acceptors (Lipinski definition) is 5. The molecular weight excluding hydrogens is 348 g/mol. The number of carbonyl (C=O) groups is 1. The van der Waals surface area contributed by atoms with Crippen molar-refractivity contribution in [2.45, 2.75) is 11.3 Å². The lowest BCUT2D eigenvalue weighted by molar-refractivity contribution is -0.115. The summed E-state index contributed by atoms with van der Waals surface area (Å²) in [6.07, 6.45) is 0.471. The summed E-state index contributed by atoms with van der Waals surface area (Å²) in [6, 6.07) is 15.9. The highest BCUT2D eigenvalue weighted by Crippen LogP contribution is 2.23. The second-order valence-electron chi connectivity index (χ2n) is 5.97. The number of benzene rings is 2. The number of hydrogen-bond donors (Lipinski definition) is 1. The number of nitrogens with one attached hydrogen (secondary N) is 1. The predicted molar refractivity (Wildman–Crippen MR) is 106 cm³/mol. The molecule has 0 spiro atoms. The smallest absolute Gasteiger partial charge is 0.225 e. The molecule has 0 aliphatic carbocycles. The fraction of sp³-hybridized carbons (Fsp3) is 0.350. The van der Waals surface area contributed by atoms with Crippen LogP contribution < -0.4 is 15.0 Å². The average molecular weight is 372 g/mol. The van der Waals surface area contributed by atoms with E-state index in [1.54, 1.807) is 18.9 Å². The van der Waals surface area contributed by atoms with Crippen LogP contribution in [0, 0.1) is 0 Å². The second-order valence-corrected chi connectivity index (χ2v) is 7.14. The summed E-state index contributed by atoms with van der Waals surface area (Å²) in [5.41, 5.74) is 1.96. The van der Waals surface area contributed by atoms with Crippen molar-refractivity contribution in [1.29, 1.82) is 0 Å². The number of thioether (sulfide) groups is 1. The summed E-state index contributed by atoms with van der Waals surface area (Å²) < 4.78 is 10.5. The van der Waals surface area contributed by atoms with Gasteiger partial charge < -0.3 is 19.7 Å². The Morgan fingerprint density at radius 3 is 2.69 bits per heavy atom. The first-order chi connectivity index (χ1) is 12.7. The monoisotopic (exact) mass is 372 g/mol. The molecule has 0 aromatic heterocycles. The van der Waals surface area contributed by atoms with Gasteiger partial charge in [-0.2, -0.15) is 0 Å². The molecule has 6 heteroatoms. The van der Waals surface area contributed by atoms with Gasteiger partial charge >= 0.3 is 0 Å². The van der Waals surface area contributed by atoms with Gasteiger partial charge in [-0.15, -0.1) is 11.8 Å². The molecule has 1 fully saturated rings. The maximum Gasteiger partial charge on any atom is 0.225 e. The van der Waals surface area contributed by atoms with Gasteiger partial charge in [-0.25, -0.2) is 0 Å². The molecular formula is C20H24N2O3S. The third kappa shape index (κ3) is 5.41.